The van der Waals surface area contributed by atoms with Crippen molar-refractivity contribution in [2.75, 3.05) is 11.4 Å². The van der Waals surface area contributed by atoms with Gasteiger partial charge in [0.15, 0.2) is 0 Å². The number of carbonyl (C=O) groups excluding carboxylic acids is 2. The van der Waals surface area contributed by atoms with Gasteiger partial charge >= 0.3 is 0 Å². The Balaban J connectivity index is 2.46. The van der Waals surface area contributed by atoms with Crippen LogP contribution in [0.3, 0.4) is 0 Å². The summed E-state index contributed by atoms with van der Waals surface area (Å²) < 4.78 is 0. The molecule has 1 aromatic rings. The zero-order valence-corrected chi connectivity index (χ0v) is 12.6. The highest BCUT2D eigenvalue weighted by molar-refractivity contribution is 6.09. The number of para-hydroxylation sites is 1. The number of hydrogen-bond donors (Lipinski definition) is 1. The molecule has 1 aromatic carbocycles. The Morgan fingerprint density at radius 1 is 1.30 bits per heavy atom. The lowest BCUT2D eigenvalue weighted by atomic mass is 9.92. The highest BCUT2D eigenvalue weighted by atomic mass is 16.2. The molecule has 0 bridgehead atoms. The summed E-state index contributed by atoms with van der Waals surface area (Å²) in [5.41, 5.74) is 1.13. The molecule has 1 N–H and O–H groups in total. The van der Waals surface area contributed by atoms with Gasteiger partial charge in [0.2, 0.25) is 5.91 Å². The van der Waals surface area contributed by atoms with Crippen LogP contribution in [-0.2, 0) is 9.59 Å². The second kappa shape index (κ2) is 5.27. The molecule has 0 aliphatic carbocycles. The molecule has 1 aliphatic rings. The molecular weight excluding hydrogens is 252 g/mol. The Bertz CT molecular complexity index is 539. The molecule has 2 amide bonds. The van der Waals surface area contributed by atoms with Crippen LogP contribution in [-0.4, -0.2) is 23.9 Å². The molecule has 1 aliphatic heterocycles. The van der Waals surface area contributed by atoms with Gasteiger partial charge in [-0.15, -0.1) is 0 Å². The van der Waals surface area contributed by atoms with E-state index in [1.54, 1.807) is 11.8 Å². The lowest BCUT2D eigenvalue weighted by Gasteiger charge is -2.40. The summed E-state index contributed by atoms with van der Waals surface area (Å²) in [4.78, 5) is 26.3. The fraction of sp³-hybridized carbons (Fsp3) is 0.500. The van der Waals surface area contributed by atoms with Crippen LogP contribution >= 0.6 is 0 Å². The van der Waals surface area contributed by atoms with Gasteiger partial charge in [0.05, 0.1) is 0 Å². The molecule has 4 heteroatoms. The number of carbonyl (C=O) groups is 2. The highest BCUT2D eigenvalue weighted by Gasteiger charge is 2.42. The molecular formula is C16H22N2O2. The molecule has 1 saturated heterocycles. The molecule has 1 fully saturated rings. The van der Waals surface area contributed by atoms with Crippen molar-refractivity contribution >= 4 is 17.5 Å². The summed E-state index contributed by atoms with van der Waals surface area (Å²) in [5, 5.41) is 2.81. The van der Waals surface area contributed by atoms with Crippen LogP contribution in [0, 0.1) is 0 Å². The number of benzene rings is 1. The van der Waals surface area contributed by atoms with Crippen molar-refractivity contribution in [2.24, 2.45) is 0 Å². The standard InChI is InChI=1S/C16H22N2O2/c1-5-16(4)15(20)18(10-14(19)17-16)13-9-7-6-8-12(13)11(2)3/h6-9,11H,5,10H2,1-4H3,(H,17,19). The Labute approximate surface area is 120 Å². The van der Waals surface area contributed by atoms with E-state index < -0.39 is 5.54 Å². The molecule has 2 rings (SSSR count). The Morgan fingerprint density at radius 3 is 2.55 bits per heavy atom. The summed E-state index contributed by atoms with van der Waals surface area (Å²) in [6, 6.07) is 7.81. The number of nitrogens with one attached hydrogen (secondary N) is 1. The Morgan fingerprint density at radius 2 is 1.95 bits per heavy atom. The second-order valence-corrected chi connectivity index (χ2v) is 5.84. The molecule has 0 radical (unpaired) electrons. The SMILES string of the molecule is CCC1(C)NC(=O)CN(c2ccccc2C(C)C)C1=O. The zero-order chi connectivity index (χ0) is 14.9. The van der Waals surface area contributed by atoms with E-state index in [0.717, 1.165) is 11.3 Å². The first-order valence-electron chi connectivity index (χ1n) is 7.11. The van der Waals surface area contributed by atoms with Gasteiger partial charge in [-0.2, -0.15) is 0 Å². The minimum absolute atomic E-state index is 0.0345. The van der Waals surface area contributed by atoms with E-state index in [4.69, 9.17) is 0 Å². The van der Waals surface area contributed by atoms with Crippen molar-refractivity contribution in [3.63, 3.8) is 0 Å². The van der Waals surface area contributed by atoms with E-state index in [1.165, 1.54) is 0 Å². The maximum absolute atomic E-state index is 12.7. The van der Waals surface area contributed by atoms with E-state index in [-0.39, 0.29) is 18.4 Å². The number of anilines is 1. The van der Waals surface area contributed by atoms with E-state index in [9.17, 15) is 9.59 Å². The third-order valence-corrected chi connectivity index (χ3v) is 3.99. The summed E-state index contributed by atoms with van der Waals surface area (Å²) in [6.45, 7) is 7.98. The van der Waals surface area contributed by atoms with Crippen LogP contribution in [0.4, 0.5) is 5.69 Å². The number of rotatable bonds is 3. The molecule has 4 nitrogen and oxygen atoms in total. The Hall–Kier alpha value is -1.84. The van der Waals surface area contributed by atoms with E-state index in [2.05, 4.69) is 19.2 Å². The molecule has 1 atom stereocenters. The number of amides is 2. The van der Waals surface area contributed by atoms with Gasteiger partial charge in [0, 0.05) is 5.69 Å². The normalized spacial score (nSPS) is 23.1. The van der Waals surface area contributed by atoms with Gasteiger partial charge in [-0.3, -0.25) is 9.59 Å². The monoisotopic (exact) mass is 274 g/mol. The van der Waals surface area contributed by atoms with Crippen LogP contribution in [0.15, 0.2) is 24.3 Å². The van der Waals surface area contributed by atoms with Crippen molar-refractivity contribution < 1.29 is 9.59 Å². The van der Waals surface area contributed by atoms with Crippen molar-refractivity contribution in [1.82, 2.24) is 5.32 Å². The molecule has 0 aromatic heterocycles. The maximum atomic E-state index is 12.7. The van der Waals surface area contributed by atoms with Gasteiger partial charge in [0.25, 0.3) is 5.91 Å². The average Bonchev–Trinajstić information content (AvgIpc) is 2.42. The van der Waals surface area contributed by atoms with Crippen LogP contribution in [0.1, 0.15) is 45.6 Å². The molecule has 0 spiro atoms. The number of hydrogen-bond acceptors (Lipinski definition) is 2. The zero-order valence-electron chi connectivity index (χ0n) is 12.6. The summed E-state index contributed by atoms with van der Waals surface area (Å²) in [5.74, 6) is 0.164. The van der Waals surface area contributed by atoms with Crippen molar-refractivity contribution in [1.29, 1.82) is 0 Å². The maximum Gasteiger partial charge on any atom is 0.252 e. The summed E-state index contributed by atoms with van der Waals surface area (Å²) in [7, 11) is 0. The average molecular weight is 274 g/mol. The van der Waals surface area contributed by atoms with E-state index >= 15 is 0 Å². The van der Waals surface area contributed by atoms with Gasteiger partial charge in [-0.25, -0.2) is 0 Å². The van der Waals surface area contributed by atoms with Crippen LogP contribution in [0.2, 0.25) is 0 Å². The third kappa shape index (κ3) is 2.42. The molecule has 1 heterocycles. The lowest BCUT2D eigenvalue weighted by Crippen LogP contribution is -2.65. The van der Waals surface area contributed by atoms with E-state index in [0.29, 0.717) is 12.3 Å². The van der Waals surface area contributed by atoms with Crippen LogP contribution in [0.5, 0.6) is 0 Å². The summed E-state index contributed by atoms with van der Waals surface area (Å²) in [6.07, 6.45) is 0.581. The Kier molecular flexibility index (Phi) is 3.84. The molecule has 20 heavy (non-hydrogen) atoms. The minimum Gasteiger partial charge on any atom is -0.340 e. The number of nitrogens with zero attached hydrogens (tertiary/aromatic N) is 1. The fourth-order valence-electron chi connectivity index (χ4n) is 2.57. The lowest BCUT2D eigenvalue weighted by molar-refractivity contribution is -0.135. The quantitative estimate of drug-likeness (QED) is 0.920. The van der Waals surface area contributed by atoms with Crippen molar-refractivity contribution in [3.8, 4) is 0 Å². The highest BCUT2D eigenvalue weighted by Crippen LogP contribution is 2.30. The molecule has 0 saturated carbocycles. The van der Waals surface area contributed by atoms with E-state index in [1.807, 2.05) is 31.2 Å². The van der Waals surface area contributed by atoms with Gasteiger partial charge < -0.3 is 10.2 Å². The van der Waals surface area contributed by atoms with Gasteiger partial charge in [0.1, 0.15) is 12.1 Å². The molecule has 108 valence electrons. The van der Waals surface area contributed by atoms with Crippen LogP contribution < -0.4 is 10.2 Å². The smallest absolute Gasteiger partial charge is 0.252 e. The minimum atomic E-state index is -0.806. The first-order chi connectivity index (χ1) is 9.39. The predicted molar refractivity (Wildman–Crippen MR) is 79.7 cm³/mol. The largest absolute Gasteiger partial charge is 0.340 e. The van der Waals surface area contributed by atoms with Crippen molar-refractivity contribution in [3.05, 3.63) is 29.8 Å². The third-order valence-electron chi connectivity index (χ3n) is 3.99. The van der Waals surface area contributed by atoms with Gasteiger partial charge in [-0.05, 0) is 30.9 Å². The van der Waals surface area contributed by atoms with Crippen LogP contribution in [0.25, 0.3) is 0 Å². The molecule has 1 unspecified atom stereocenters. The predicted octanol–water partition coefficient (Wildman–Crippen LogP) is 2.44. The topological polar surface area (TPSA) is 49.4 Å². The first-order valence-corrected chi connectivity index (χ1v) is 7.11. The second-order valence-electron chi connectivity index (χ2n) is 5.84. The first kappa shape index (κ1) is 14.6. The van der Waals surface area contributed by atoms with Crippen molar-refractivity contribution in [2.45, 2.75) is 45.6 Å². The van der Waals surface area contributed by atoms with Gasteiger partial charge in [-0.1, -0.05) is 39.0 Å². The summed E-state index contributed by atoms with van der Waals surface area (Å²) >= 11 is 0. The fourth-order valence-corrected chi connectivity index (χ4v) is 2.57. The number of piperazine rings is 1.